The smallest absolute Gasteiger partial charge is 0.244 e. The van der Waals surface area contributed by atoms with Crippen LogP contribution in [-0.4, -0.2) is 4.57 Å². The fourth-order valence-electron chi connectivity index (χ4n) is 0.701. The summed E-state index contributed by atoms with van der Waals surface area (Å²) in [6.45, 7) is 0.654. The minimum absolute atomic E-state index is 0. The Labute approximate surface area is 77.9 Å². The minimum Gasteiger partial charge on any atom is -1.00 e. The number of aryl methyl sites for hydroxylation is 1. The van der Waals surface area contributed by atoms with Gasteiger partial charge in [-0.2, -0.15) is 0 Å². The van der Waals surface area contributed by atoms with Crippen molar-refractivity contribution in [2.45, 2.75) is 6.54 Å². The minimum atomic E-state index is 0. The third-order valence-electron chi connectivity index (χ3n) is 1.10. The van der Waals surface area contributed by atoms with Gasteiger partial charge in [0.05, 0.1) is 7.05 Å². The molecule has 0 aliphatic carbocycles. The Kier molecular flexibility index (Phi) is 4.12. The molecule has 1 aromatic rings. The van der Waals surface area contributed by atoms with Crippen molar-refractivity contribution in [1.29, 1.82) is 0 Å². The van der Waals surface area contributed by atoms with Gasteiger partial charge in [-0.05, 0) is 0 Å². The van der Waals surface area contributed by atoms with E-state index >= 15 is 0 Å². The van der Waals surface area contributed by atoms with Crippen molar-refractivity contribution in [3.8, 4) is 12.3 Å². The molecular formula is C7H9IN2. The summed E-state index contributed by atoms with van der Waals surface area (Å²) in [5.41, 5.74) is 0. The molecular weight excluding hydrogens is 239 g/mol. The third kappa shape index (κ3) is 2.40. The van der Waals surface area contributed by atoms with Crippen molar-refractivity contribution in [3.63, 3.8) is 0 Å². The van der Waals surface area contributed by atoms with Crippen LogP contribution in [0.1, 0.15) is 0 Å². The molecule has 0 bridgehead atoms. The average molecular weight is 248 g/mol. The molecule has 0 radical (unpaired) electrons. The van der Waals surface area contributed by atoms with E-state index < -0.39 is 0 Å². The van der Waals surface area contributed by atoms with Crippen molar-refractivity contribution < 1.29 is 28.5 Å². The summed E-state index contributed by atoms with van der Waals surface area (Å²) >= 11 is 0. The molecule has 0 saturated carbocycles. The number of hydrogen-bond acceptors (Lipinski definition) is 0. The number of halogens is 1. The van der Waals surface area contributed by atoms with Crippen LogP contribution < -0.4 is 28.5 Å². The largest absolute Gasteiger partial charge is 1.00 e. The molecule has 1 heterocycles. The van der Waals surface area contributed by atoms with Crippen molar-refractivity contribution in [1.82, 2.24) is 4.57 Å². The lowest BCUT2D eigenvalue weighted by molar-refractivity contribution is -0.671. The second-order valence-electron chi connectivity index (χ2n) is 1.96. The summed E-state index contributed by atoms with van der Waals surface area (Å²) in [5.74, 6) is 2.55. The Morgan fingerprint density at radius 1 is 1.70 bits per heavy atom. The summed E-state index contributed by atoms with van der Waals surface area (Å²) in [4.78, 5) is 0. The van der Waals surface area contributed by atoms with E-state index in [-0.39, 0.29) is 24.0 Å². The van der Waals surface area contributed by atoms with E-state index in [9.17, 15) is 0 Å². The van der Waals surface area contributed by atoms with E-state index in [4.69, 9.17) is 6.42 Å². The highest BCUT2D eigenvalue weighted by Gasteiger charge is 1.93. The highest BCUT2D eigenvalue weighted by molar-refractivity contribution is 4.85. The van der Waals surface area contributed by atoms with Gasteiger partial charge in [-0.15, -0.1) is 6.42 Å². The van der Waals surface area contributed by atoms with Crippen LogP contribution in [0.4, 0.5) is 0 Å². The number of terminal acetylenes is 1. The lowest BCUT2D eigenvalue weighted by Crippen LogP contribution is -3.00. The Hall–Kier alpha value is -0.500. The first kappa shape index (κ1) is 9.50. The molecule has 0 saturated heterocycles. The summed E-state index contributed by atoms with van der Waals surface area (Å²) in [6, 6.07) is 0. The van der Waals surface area contributed by atoms with Crippen LogP contribution in [0.5, 0.6) is 0 Å². The molecule has 10 heavy (non-hydrogen) atoms. The first-order valence-electron chi connectivity index (χ1n) is 2.77. The zero-order chi connectivity index (χ0) is 6.69. The normalized spacial score (nSPS) is 8.00. The van der Waals surface area contributed by atoms with Crippen LogP contribution >= 0.6 is 0 Å². The quantitative estimate of drug-likeness (QED) is 0.284. The zero-order valence-corrected chi connectivity index (χ0v) is 7.95. The molecule has 0 aliphatic rings. The van der Waals surface area contributed by atoms with Crippen LogP contribution in [-0.2, 0) is 13.6 Å². The van der Waals surface area contributed by atoms with Crippen LogP contribution in [0.2, 0.25) is 0 Å². The predicted octanol–water partition coefficient (Wildman–Crippen LogP) is -3.05. The molecule has 0 fully saturated rings. The maximum Gasteiger partial charge on any atom is 0.244 e. The van der Waals surface area contributed by atoms with Gasteiger partial charge in [0, 0.05) is 0 Å². The molecule has 0 aromatic carbocycles. The maximum atomic E-state index is 5.09. The number of imidazole rings is 1. The second kappa shape index (κ2) is 4.34. The number of rotatable bonds is 1. The molecule has 3 heteroatoms. The third-order valence-corrected chi connectivity index (χ3v) is 1.10. The van der Waals surface area contributed by atoms with E-state index in [1.54, 1.807) is 0 Å². The molecule has 0 spiro atoms. The molecule has 0 unspecified atom stereocenters. The second-order valence-corrected chi connectivity index (χ2v) is 1.96. The topological polar surface area (TPSA) is 8.81 Å². The lowest BCUT2D eigenvalue weighted by atomic mass is 10.6. The number of hydrogen-bond donors (Lipinski definition) is 0. The molecule has 1 rings (SSSR count). The van der Waals surface area contributed by atoms with Gasteiger partial charge in [0.1, 0.15) is 12.4 Å². The van der Waals surface area contributed by atoms with Crippen molar-refractivity contribution >= 4 is 0 Å². The van der Waals surface area contributed by atoms with Crippen LogP contribution in [0.25, 0.3) is 0 Å². The Morgan fingerprint density at radius 3 is 2.80 bits per heavy atom. The van der Waals surface area contributed by atoms with Gasteiger partial charge in [-0.1, -0.05) is 5.92 Å². The Bertz CT molecular complexity index is 234. The highest BCUT2D eigenvalue weighted by Crippen LogP contribution is 1.79. The van der Waals surface area contributed by atoms with Crippen LogP contribution in [0.15, 0.2) is 18.7 Å². The summed E-state index contributed by atoms with van der Waals surface area (Å²) in [5, 5.41) is 0. The van der Waals surface area contributed by atoms with Crippen LogP contribution in [0.3, 0.4) is 0 Å². The molecule has 0 amide bonds. The van der Waals surface area contributed by atoms with E-state index in [0.29, 0.717) is 6.54 Å². The van der Waals surface area contributed by atoms with Gasteiger partial charge in [-0.3, -0.25) is 0 Å². The van der Waals surface area contributed by atoms with E-state index in [2.05, 4.69) is 5.92 Å². The van der Waals surface area contributed by atoms with E-state index in [1.165, 1.54) is 0 Å². The first-order chi connectivity index (χ1) is 4.33. The zero-order valence-electron chi connectivity index (χ0n) is 5.79. The number of aromatic nitrogens is 2. The molecule has 1 aromatic heterocycles. The van der Waals surface area contributed by atoms with Crippen molar-refractivity contribution in [2.75, 3.05) is 0 Å². The Balaban J connectivity index is 0.000000810. The van der Waals surface area contributed by atoms with Gasteiger partial charge in [0.25, 0.3) is 0 Å². The lowest BCUT2D eigenvalue weighted by Gasteiger charge is -1.81. The highest BCUT2D eigenvalue weighted by atomic mass is 127. The van der Waals surface area contributed by atoms with Crippen LogP contribution in [0, 0.1) is 12.3 Å². The molecule has 0 N–H and O–H groups in total. The maximum absolute atomic E-state index is 5.09. The summed E-state index contributed by atoms with van der Waals surface area (Å²) in [7, 11) is 1.97. The van der Waals surface area contributed by atoms with Gasteiger partial charge in [-0.25, -0.2) is 9.13 Å². The van der Waals surface area contributed by atoms with Gasteiger partial charge < -0.3 is 24.0 Å². The standard InChI is InChI=1S/C7H9N2.HI/c1-3-4-9-6-5-8(2)7-9;/h1,5-7H,4H2,2H3;1H/q+1;/p-1. The van der Waals surface area contributed by atoms with Gasteiger partial charge >= 0.3 is 0 Å². The van der Waals surface area contributed by atoms with E-state index in [1.807, 2.05) is 34.9 Å². The monoisotopic (exact) mass is 248 g/mol. The predicted molar refractivity (Wildman–Crippen MR) is 34.4 cm³/mol. The Morgan fingerprint density at radius 2 is 2.40 bits per heavy atom. The summed E-state index contributed by atoms with van der Waals surface area (Å²) < 4.78 is 3.90. The summed E-state index contributed by atoms with van der Waals surface area (Å²) in [6.07, 6.45) is 10.9. The number of nitrogens with zero attached hydrogens (tertiary/aromatic N) is 2. The molecule has 0 atom stereocenters. The molecule has 2 nitrogen and oxygen atoms in total. The van der Waals surface area contributed by atoms with Crippen molar-refractivity contribution in [3.05, 3.63) is 18.7 Å². The van der Waals surface area contributed by atoms with Gasteiger partial charge in [0.15, 0.2) is 6.54 Å². The molecule has 0 aliphatic heterocycles. The van der Waals surface area contributed by atoms with Gasteiger partial charge in [0.2, 0.25) is 6.33 Å². The average Bonchev–Trinajstić information content (AvgIpc) is 2.17. The fraction of sp³-hybridized carbons (Fsp3) is 0.286. The van der Waals surface area contributed by atoms with E-state index in [0.717, 1.165) is 0 Å². The SMILES string of the molecule is C#CCn1cc[n+](C)c1.[I-]. The first-order valence-corrected chi connectivity index (χ1v) is 2.77. The fourth-order valence-corrected chi connectivity index (χ4v) is 0.701. The molecule has 54 valence electrons. The van der Waals surface area contributed by atoms with Crippen molar-refractivity contribution in [2.24, 2.45) is 7.05 Å².